The van der Waals surface area contributed by atoms with Crippen LogP contribution in [0.2, 0.25) is 0 Å². The summed E-state index contributed by atoms with van der Waals surface area (Å²) in [6.07, 6.45) is 0.805. The topological polar surface area (TPSA) is 92.5 Å². The smallest absolute Gasteiger partial charge is 0.329 e. The lowest BCUT2D eigenvalue weighted by atomic mass is 9.89. The lowest BCUT2D eigenvalue weighted by Crippen LogP contribution is -2.17. The highest BCUT2D eigenvalue weighted by molar-refractivity contribution is 7.13. The highest BCUT2D eigenvalue weighted by Gasteiger charge is 2.20. The van der Waals surface area contributed by atoms with Gasteiger partial charge in [-0.25, -0.2) is 4.98 Å². The van der Waals surface area contributed by atoms with Crippen molar-refractivity contribution in [3.63, 3.8) is 0 Å². The fourth-order valence-electron chi connectivity index (χ4n) is 3.59. The minimum Gasteiger partial charge on any atom is -0.497 e. The number of nitro benzene ring substituents is 1. The number of nitrogens with zero attached hydrogens (tertiary/aromatic N) is 1. The number of nitrogens with two attached hydrogens (primary N) is 1. The Bertz CT molecular complexity index is 1170. The number of aromatic amines is 1. The summed E-state index contributed by atoms with van der Waals surface area (Å²) in [7, 11) is 1.66. The summed E-state index contributed by atoms with van der Waals surface area (Å²) in [4.78, 5) is 13.8. The summed E-state index contributed by atoms with van der Waals surface area (Å²) >= 11 is 1.50. The van der Waals surface area contributed by atoms with Crippen LogP contribution in [-0.2, 0) is 6.42 Å². The molecule has 0 saturated carbocycles. The fraction of sp³-hybridized carbons (Fsp3) is 0.125. The molecule has 0 bridgehead atoms. The lowest BCUT2D eigenvalue weighted by molar-refractivity contribution is -0.384. The number of hydrogen-bond acceptors (Lipinski definition) is 5. The van der Waals surface area contributed by atoms with Gasteiger partial charge in [-0.2, -0.15) is 0 Å². The van der Waals surface area contributed by atoms with E-state index in [2.05, 4.69) is 34.6 Å². The molecule has 7 heteroatoms. The molecule has 1 atom stereocenters. The van der Waals surface area contributed by atoms with E-state index in [4.69, 9.17) is 10.5 Å². The van der Waals surface area contributed by atoms with Crippen LogP contribution >= 0.6 is 11.3 Å². The molecule has 4 rings (SSSR count). The highest BCUT2D eigenvalue weighted by Crippen LogP contribution is 2.30. The van der Waals surface area contributed by atoms with Crippen molar-refractivity contribution in [2.75, 3.05) is 12.8 Å². The average Bonchev–Trinajstić information content (AvgIpc) is 3.24. The quantitative estimate of drug-likeness (QED) is 0.325. The van der Waals surface area contributed by atoms with Crippen molar-refractivity contribution in [1.29, 1.82) is 0 Å². The lowest BCUT2D eigenvalue weighted by Gasteiger charge is -2.15. The molecular formula is C24H22N3O3S+. The maximum absolute atomic E-state index is 10.9. The van der Waals surface area contributed by atoms with Crippen molar-refractivity contribution in [2.45, 2.75) is 12.3 Å². The van der Waals surface area contributed by atoms with E-state index in [1.165, 1.54) is 34.6 Å². The number of nitrogens with one attached hydrogen (secondary N) is 1. The third-order valence-corrected chi connectivity index (χ3v) is 6.01. The van der Waals surface area contributed by atoms with Crippen LogP contribution in [0.25, 0.3) is 11.1 Å². The van der Waals surface area contributed by atoms with E-state index in [1.54, 1.807) is 19.2 Å². The Morgan fingerprint density at radius 2 is 1.61 bits per heavy atom. The third-order valence-electron chi connectivity index (χ3n) is 5.28. The summed E-state index contributed by atoms with van der Waals surface area (Å²) < 4.78 is 5.29. The molecule has 0 radical (unpaired) electrons. The van der Waals surface area contributed by atoms with Crippen molar-refractivity contribution < 1.29 is 14.6 Å². The van der Waals surface area contributed by atoms with Crippen molar-refractivity contribution in [1.82, 2.24) is 0 Å². The first-order valence-electron chi connectivity index (χ1n) is 9.77. The largest absolute Gasteiger partial charge is 0.497 e. The fourth-order valence-corrected chi connectivity index (χ4v) is 4.24. The van der Waals surface area contributed by atoms with E-state index in [-0.39, 0.29) is 16.5 Å². The second-order valence-electron chi connectivity index (χ2n) is 7.21. The van der Waals surface area contributed by atoms with Gasteiger partial charge < -0.3 is 4.74 Å². The number of non-ortho nitro benzene ring substituents is 1. The first-order valence-corrected chi connectivity index (χ1v) is 10.7. The standard InChI is InChI=1S/C24H21N3O3S/c1-30-21-12-8-19(9-13-21)22(23-15-31-24(25)26-23)14-16-2-4-17(5-3-16)18-6-10-20(11-7-18)27(28)29/h2-13,15,22H,14H2,1H3,(H2,25,26)/p+1/t22-/m0/s1. The van der Waals surface area contributed by atoms with Gasteiger partial charge in [0.05, 0.1) is 18.0 Å². The van der Waals surface area contributed by atoms with Gasteiger partial charge in [-0.05, 0) is 52.9 Å². The number of anilines is 1. The molecule has 1 aromatic heterocycles. The number of methoxy groups -OCH3 is 1. The number of thiazole rings is 1. The SMILES string of the molecule is COc1ccc([C@H](Cc2ccc(-c3ccc([N+](=O)[O-])cc3)cc2)c2csc(N)[nH+]2)cc1. The molecule has 0 spiro atoms. The average molecular weight is 433 g/mol. The minimum absolute atomic E-state index is 0.0917. The monoisotopic (exact) mass is 432 g/mol. The Morgan fingerprint density at radius 1 is 1.00 bits per heavy atom. The van der Waals surface area contributed by atoms with E-state index in [0.29, 0.717) is 5.13 Å². The normalized spacial score (nSPS) is 11.8. The zero-order valence-corrected chi connectivity index (χ0v) is 17.8. The molecule has 31 heavy (non-hydrogen) atoms. The van der Waals surface area contributed by atoms with Crippen LogP contribution in [0.15, 0.2) is 78.2 Å². The molecule has 0 amide bonds. The zero-order valence-electron chi connectivity index (χ0n) is 16.9. The Kier molecular flexibility index (Phi) is 5.95. The van der Waals surface area contributed by atoms with Gasteiger partial charge in [0.25, 0.3) is 5.69 Å². The first-order chi connectivity index (χ1) is 15.0. The molecule has 1 heterocycles. The van der Waals surface area contributed by atoms with Crippen molar-refractivity contribution in [2.24, 2.45) is 0 Å². The van der Waals surface area contributed by atoms with Gasteiger partial charge in [-0.15, -0.1) is 0 Å². The predicted octanol–water partition coefficient (Wildman–Crippen LogP) is 5.10. The molecule has 4 aromatic rings. The van der Waals surface area contributed by atoms with E-state index >= 15 is 0 Å². The number of ether oxygens (including phenoxy) is 1. The van der Waals surface area contributed by atoms with Gasteiger partial charge >= 0.3 is 5.13 Å². The number of nitrogen functional groups attached to an aromatic ring is 1. The summed E-state index contributed by atoms with van der Waals surface area (Å²) in [6.45, 7) is 0. The van der Waals surface area contributed by atoms with Crippen LogP contribution in [-0.4, -0.2) is 12.0 Å². The number of benzene rings is 3. The summed E-state index contributed by atoms with van der Waals surface area (Å²) in [5.74, 6) is 0.952. The van der Waals surface area contributed by atoms with Gasteiger partial charge in [-0.1, -0.05) is 47.7 Å². The van der Waals surface area contributed by atoms with E-state index in [9.17, 15) is 10.1 Å². The minimum atomic E-state index is -0.388. The maximum Gasteiger partial charge on any atom is 0.329 e. The Hall–Kier alpha value is -3.71. The van der Waals surface area contributed by atoms with Crippen molar-refractivity contribution in [3.05, 3.63) is 105 Å². The van der Waals surface area contributed by atoms with Crippen molar-refractivity contribution >= 4 is 22.2 Å². The molecule has 0 aliphatic rings. The van der Waals surface area contributed by atoms with Crippen LogP contribution in [0.5, 0.6) is 5.75 Å². The van der Waals surface area contributed by atoms with Gasteiger partial charge in [0.2, 0.25) is 0 Å². The second-order valence-corrected chi connectivity index (χ2v) is 8.12. The Labute approximate surface area is 184 Å². The molecule has 156 valence electrons. The molecule has 0 aliphatic heterocycles. The van der Waals surface area contributed by atoms with E-state index in [0.717, 1.165) is 29.0 Å². The van der Waals surface area contributed by atoms with E-state index < -0.39 is 0 Å². The summed E-state index contributed by atoms with van der Waals surface area (Å²) in [5.41, 5.74) is 11.4. The number of rotatable bonds is 7. The molecule has 0 saturated heterocycles. The van der Waals surface area contributed by atoms with Gasteiger partial charge in [-0.3, -0.25) is 15.8 Å². The van der Waals surface area contributed by atoms with Gasteiger partial charge in [0, 0.05) is 17.5 Å². The second kappa shape index (κ2) is 8.97. The number of hydrogen-bond donors (Lipinski definition) is 1. The number of H-pyrrole nitrogens is 1. The molecule has 3 N–H and O–H groups in total. The third kappa shape index (κ3) is 4.73. The highest BCUT2D eigenvalue weighted by atomic mass is 32.1. The van der Waals surface area contributed by atoms with Crippen LogP contribution in [0, 0.1) is 10.1 Å². The summed E-state index contributed by atoms with van der Waals surface area (Å²) in [5, 5.41) is 13.6. The number of nitro groups is 1. The van der Waals surface area contributed by atoms with Crippen LogP contribution in [0.1, 0.15) is 22.7 Å². The Balaban J connectivity index is 1.58. The first kappa shape index (κ1) is 20.6. The molecule has 0 fully saturated rings. The van der Waals surface area contributed by atoms with Gasteiger partial charge in [0.1, 0.15) is 11.4 Å². The molecular weight excluding hydrogens is 410 g/mol. The Morgan fingerprint density at radius 3 is 2.13 bits per heavy atom. The maximum atomic E-state index is 10.9. The predicted molar refractivity (Wildman–Crippen MR) is 122 cm³/mol. The van der Waals surface area contributed by atoms with Crippen LogP contribution in [0.3, 0.4) is 0 Å². The molecule has 0 unspecified atom stereocenters. The molecule has 6 nitrogen and oxygen atoms in total. The van der Waals surface area contributed by atoms with Gasteiger partial charge in [0.15, 0.2) is 0 Å². The van der Waals surface area contributed by atoms with Crippen LogP contribution in [0.4, 0.5) is 10.8 Å². The molecule has 0 aliphatic carbocycles. The van der Waals surface area contributed by atoms with Crippen molar-refractivity contribution in [3.8, 4) is 16.9 Å². The molecule has 3 aromatic carbocycles. The van der Waals surface area contributed by atoms with E-state index in [1.807, 2.05) is 24.3 Å². The summed E-state index contributed by atoms with van der Waals surface area (Å²) in [6, 6.07) is 23.0. The van der Waals surface area contributed by atoms with Crippen LogP contribution < -0.4 is 15.5 Å². The number of aromatic nitrogens is 1. The zero-order chi connectivity index (χ0) is 21.8.